The first-order valence-electron chi connectivity index (χ1n) is 7.02. The molecule has 20 heavy (non-hydrogen) atoms. The van der Waals surface area contributed by atoms with Crippen molar-refractivity contribution in [3.8, 4) is 0 Å². The molecule has 1 aliphatic carbocycles. The van der Waals surface area contributed by atoms with Crippen molar-refractivity contribution in [1.29, 1.82) is 0 Å². The normalized spacial score (nSPS) is 23.9. The molecule has 2 aromatic carbocycles. The molecular weight excluding hydrogens is 248 g/mol. The lowest BCUT2D eigenvalue weighted by Crippen LogP contribution is -2.32. The van der Waals surface area contributed by atoms with Gasteiger partial charge in [0, 0.05) is 18.2 Å². The summed E-state index contributed by atoms with van der Waals surface area (Å²) in [7, 11) is 0. The van der Waals surface area contributed by atoms with Gasteiger partial charge in [0.05, 0.1) is 5.69 Å². The molecule has 0 spiro atoms. The van der Waals surface area contributed by atoms with Gasteiger partial charge in [-0.3, -0.25) is 9.69 Å². The predicted molar refractivity (Wildman–Crippen MR) is 78.9 cm³/mol. The van der Waals surface area contributed by atoms with Gasteiger partial charge in [-0.25, -0.2) is 0 Å². The van der Waals surface area contributed by atoms with Crippen molar-refractivity contribution in [1.82, 2.24) is 0 Å². The van der Waals surface area contributed by atoms with Gasteiger partial charge in [0.2, 0.25) is 5.91 Å². The second-order valence-electron chi connectivity index (χ2n) is 5.59. The Morgan fingerprint density at radius 1 is 1.05 bits per heavy atom. The molecule has 3 nitrogen and oxygen atoms in total. The van der Waals surface area contributed by atoms with E-state index in [0.29, 0.717) is 12.3 Å². The average Bonchev–Trinajstić information content (AvgIpc) is 2.78. The highest BCUT2D eigenvalue weighted by molar-refractivity contribution is 6.04. The molecule has 2 unspecified atom stereocenters. The molecule has 1 amide bonds. The molecule has 2 aliphatic rings. The van der Waals surface area contributed by atoms with Crippen LogP contribution in [-0.2, 0) is 4.79 Å². The van der Waals surface area contributed by atoms with Crippen molar-refractivity contribution in [3.63, 3.8) is 0 Å². The zero-order valence-corrected chi connectivity index (χ0v) is 11.1. The number of anilines is 2. The van der Waals surface area contributed by atoms with Crippen molar-refractivity contribution in [2.75, 3.05) is 4.90 Å². The molecule has 0 radical (unpaired) electrons. The molecule has 0 aromatic heterocycles. The van der Waals surface area contributed by atoms with E-state index in [1.54, 1.807) is 0 Å². The number of hydrogen-bond acceptors (Lipinski definition) is 2. The van der Waals surface area contributed by atoms with Gasteiger partial charge in [-0.15, -0.1) is 0 Å². The summed E-state index contributed by atoms with van der Waals surface area (Å²) in [6.07, 6.45) is 1.45. The Labute approximate surface area is 118 Å². The van der Waals surface area contributed by atoms with Crippen molar-refractivity contribution in [3.05, 3.63) is 59.7 Å². The Bertz CT molecular complexity index is 681. The maximum absolute atomic E-state index is 12.5. The largest absolute Gasteiger partial charge is 0.324 e. The SMILES string of the molecule is NC1CC2CC(=O)N(c3ccccc3)c3cccc1c32. The number of carbonyl (C=O) groups excluding carboxylic acids is 1. The zero-order chi connectivity index (χ0) is 13.7. The number of benzene rings is 2. The number of nitrogens with two attached hydrogens (primary N) is 1. The first-order valence-corrected chi connectivity index (χ1v) is 7.02. The fourth-order valence-corrected chi connectivity index (χ4v) is 3.57. The summed E-state index contributed by atoms with van der Waals surface area (Å²) in [5.41, 5.74) is 10.7. The molecular formula is C17H16N2O. The van der Waals surface area contributed by atoms with Crippen molar-refractivity contribution < 1.29 is 4.79 Å². The van der Waals surface area contributed by atoms with E-state index in [9.17, 15) is 4.79 Å². The van der Waals surface area contributed by atoms with Crippen LogP contribution in [0.25, 0.3) is 0 Å². The van der Waals surface area contributed by atoms with Crippen molar-refractivity contribution in [2.24, 2.45) is 5.73 Å². The molecule has 0 fully saturated rings. The highest BCUT2D eigenvalue weighted by Crippen LogP contribution is 2.50. The summed E-state index contributed by atoms with van der Waals surface area (Å²) < 4.78 is 0. The Hall–Kier alpha value is -2.13. The van der Waals surface area contributed by atoms with E-state index in [2.05, 4.69) is 6.07 Å². The molecule has 0 saturated heterocycles. The number of nitrogens with zero attached hydrogens (tertiary/aromatic N) is 1. The van der Waals surface area contributed by atoms with Crippen LogP contribution in [0.1, 0.15) is 35.9 Å². The quantitative estimate of drug-likeness (QED) is 0.859. The molecule has 4 rings (SSSR count). The molecule has 0 bridgehead atoms. The summed E-state index contributed by atoms with van der Waals surface area (Å²) in [6, 6.07) is 16.1. The fraction of sp³-hybridized carbons (Fsp3) is 0.235. The molecule has 1 heterocycles. The minimum atomic E-state index is 0.0680. The van der Waals surface area contributed by atoms with Crippen LogP contribution < -0.4 is 10.6 Å². The van der Waals surface area contributed by atoms with Gasteiger partial charge in [0.25, 0.3) is 0 Å². The van der Waals surface area contributed by atoms with Crippen molar-refractivity contribution >= 4 is 17.3 Å². The molecule has 2 N–H and O–H groups in total. The number of carbonyl (C=O) groups is 1. The standard InChI is InChI=1S/C17H16N2O/c18-14-9-11-10-16(20)19(12-5-2-1-3-6-12)15-8-4-7-13(14)17(11)15/h1-8,11,14H,9-10,18H2. The van der Waals surface area contributed by atoms with Gasteiger partial charge >= 0.3 is 0 Å². The van der Waals surface area contributed by atoms with Crippen LogP contribution in [0.2, 0.25) is 0 Å². The van der Waals surface area contributed by atoms with Gasteiger partial charge in [-0.05, 0) is 41.7 Å². The minimum absolute atomic E-state index is 0.0680. The number of hydrogen-bond donors (Lipinski definition) is 1. The summed E-state index contributed by atoms with van der Waals surface area (Å²) in [6.45, 7) is 0. The molecule has 2 aromatic rings. The van der Waals surface area contributed by atoms with E-state index in [4.69, 9.17) is 5.73 Å². The summed E-state index contributed by atoms with van der Waals surface area (Å²) in [5, 5.41) is 0. The van der Waals surface area contributed by atoms with E-state index in [1.165, 1.54) is 11.1 Å². The van der Waals surface area contributed by atoms with Gasteiger partial charge in [-0.1, -0.05) is 30.3 Å². The third-order valence-electron chi connectivity index (χ3n) is 4.39. The van der Waals surface area contributed by atoms with Crippen LogP contribution in [0.3, 0.4) is 0 Å². The van der Waals surface area contributed by atoms with Crippen LogP contribution in [0.15, 0.2) is 48.5 Å². The topological polar surface area (TPSA) is 46.3 Å². The molecule has 3 heteroatoms. The monoisotopic (exact) mass is 264 g/mol. The van der Waals surface area contributed by atoms with Gasteiger partial charge in [-0.2, -0.15) is 0 Å². The lowest BCUT2D eigenvalue weighted by atomic mass is 9.91. The lowest BCUT2D eigenvalue weighted by Gasteiger charge is -2.32. The van der Waals surface area contributed by atoms with Gasteiger partial charge < -0.3 is 5.73 Å². The zero-order valence-electron chi connectivity index (χ0n) is 11.1. The van der Waals surface area contributed by atoms with E-state index >= 15 is 0 Å². The average molecular weight is 264 g/mol. The maximum Gasteiger partial charge on any atom is 0.232 e. The smallest absolute Gasteiger partial charge is 0.232 e. The number of amides is 1. The molecule has 2 atom stereocenters. The Balaban J connectivity index is 1.92. The first kappa shape index (κ1) is 11.7. The Morgan fingerprint density at radius 3 is 2.65 bits per heavy atom. The third kappa shape index (κ3) is 1.53. The van der Waals surface area contributed by atoms with Crippen LogP contribution in [-0.4, -0.2) is 5.91 Å². The van der Waals surface area contributed by atoms with E-state index in [-0.39, 0.29) is 11.9 Å². The minimum Gasteiger partial charge on any atom is -0.324 e. The summed E-state index contributed by atoms with van der Waals surface area (Å²) in [4.78, 5) is 14.4. The van der Waals surface area contributed by atoms with Gasteiger partial charge in [0.15, 0.2) is 0 Å². The van der Waals surface area contributed by atoms with Crippen molar-refractivity contribution in [2.45, 2.75) is 24.8 Å². The van der Waals surface area contributed by atoms with E-state index < -0.39 is 0 Å². The van der Waals surface area contributed by atoms with Crippen LogP contribution in [0, 0.1) is 0 Å². The number of para-hydroxylation sites is 1. The predicted octanol–water partition coefficient (Wildman–Crippen LogP) is 3.24. The van der Waals surface area contributed by atoms with Crippen LogP contribution in [0.4, 0.5) is 11.4 Å². The highest BCUT2D eigenvalue weighted by atomic mass is 16.2. The molecule has 1 aliphatic heterocycles. The van der Waals surface area contributed by atoms with E-state index in [0.717, 1.165) is 17.8 Å². The lowest BCUT2D eigenvalue weighted by molar-refractivity contribution is -0.118. The second kappa shape index (κ2) is 4.18. The Morgan fingerprint density at radius 2 is 1.85 bits per heavy atom. The third-order valence-corrected chi connectivity index (χ3v) is 4.39. The summed E-state index contributed by atoms with van der Waals surface area (Å²) in [5.74, 6) is 0.462. The molecule has 100 valence electrons. The van der Waals surface area contributed by atoms with E-state index in [1.807, 2.05) is 47.4 Å². The van der Waals surface area contributed by atoms with Crippen LogP contribution in [0.5, 0.6) is 0 Å². The van der Waals surface area contributed by atoms with Crippen LogP contribution >= 0.6 is 0 Å². The number of rotatable bonds is 1. The maximum atomic E-state index is 12.5. The second-order valence-corrected chi connectivity index (χ2v) is 5.59. The Kier molecular flexibility index (Phi) is 2.44. The molecule has 0 saturated carbocycles. The van der Waals surface area contributed by atoms with Gasteiger partial charge in [0.1, 0.15) is 0 Å². The summed E-state index contributed by atoms with van der Waals surface area (Å²) >= 11 is 0. The first-order chi connectivity index (χ1) is 9.75. The highest BCUT2D eigenvalue weighted by Gasteiger charge is 2.39. The fourth-order valence-electron chi connectivity index (χ4n) is 3.57.